The van der Waals surface area contributed by atoms with E-state index in [4.69, 9.17) is 22.1 Å². The Morgan fingerprint density at radius 1 is 0.527 bits per heavy atom. The van der Waals surface area contributed by atoms with Gasteiger partial charge in [-0.2, -0.15) is 0 Å². The second-order valence-corrected chi connectivity index (χ2v) is 31.5. The van der Waals surface area contributed by atoms with Crippen LogP contribution < -0.4 is 14.5 Å². The predicted molar refractivity (Wildman–Crippen MR) is 394 cm³/mol. The number of furan rings is 1. The summed E-state index contributed by atoms with van der Waals surface area (Å²) in [4.78, 5) is 13.4. The van der Waals surface area contributed by atoms with Crippen molar-refractivity contribution in [2.24, 2.45) is 5.41 Å². The molecule has 0 spiro atoms. The number of hydrogen-bond donors (Lipinski definition) is 0. The van der Waals surface area contributed by atoms with Gasteiger partial charge in [-0.25, -0.2) is 9.83 Å². The summed E-state index contributed by atoms with van der Waals surface area (Å²) in [6.07, 6.45) is -0.0561. The van der Waals surface area contributed by atoms with Crippen molar-refractivity contribution in [1.29, 1.82) is 0 Å². The minimum atomic E-state index is -1.73. The molecule has 13 rings (SSSR count). The lowest BCUT2D eigenvalue weighted by atomic mass is 9.74. The van der Waals surface area contributed by atoms with Gasteiger partial charge in [0, 0.05) is 54.0 Å². The van der Waals surface area contributed by atoms with Crippen molar-refractivity contribution < 1.29 is 18.7 Å². The van der Waals surface area contributed by atoms with Crippen LogP contribution in [0.15, 0.2) is 192 Å². The highest BCUT2D eigenvalue weighted by Crippen LogP contribution is 2.54. The molecular weight excluding hydrogens is 1130 g/mol. The van der Waals surface area contributed by atoms with Crippen molar-refractivity contribution in [3.8, 4) is 50.7 Å². The van der Waals surface area contributed by atoms with Crippen LogP contribution in [0.25, 0.3) is 87.8 Å². The normalized spacial score (nSPS) is 14.7. The van der Waals surface area contributed by atoms with E-state index in [1.165, 1.54) is 11.1 Å². The lowest BCUT2D eigenvalue weighted by molar-refractivity contribution is 0.411. The Morgan fingerprint density at radius 2 is 1.13 bits per heavy atom. The minimum Gasteiger partial charge on any atom is -0.466 e. The van der Waals surface area contributed by atoms with Crippen LogP contribution in [0.2, 0.25) is 0 Å². The van der Waals surface area contributed by atoms with Gasteiger partial charge in [0.15, 0.2) is 0 Å². The molecule has 0 amide bonds. The van der Waals surface area contributed by atoms with Crippen molar-refractivity contribution in [3.05, 3.63) is 233 Å². The van der Waals surface area contributed by atoms with Gasteiger partial charge in [-0.05, 0) is 167 Å². The van der Waals surface area contributed by atoms with Gasteiger partial charge in [0.2, 0.25) is 5.69 Å². The van der Waals surface area contributed by atoms with Crippen LogP contribution in [0.5, 0.6) is 11.5 Å². The van der Waals surface area contributed by atoms with Crippen molar-refractivity contribution >= 4 is 72.2 Å². The Hall–Kier alpha value is -9.38. The van der Waals surface area contributed by atoms with E-state index in [-0.39, 0.29) is 46.0 Å². The summed E-state index contributed by atoms with van der Waals surface area (Å²) in [6.45, 7) is 47.4. The first kappa shape index (κ1) is 54.2. The summed E-state index contributed by atoms with van der Waals surface area (Å²) in [6, 6.07) is 50.2. The Balaban J connectivity index is 1.07. The summed E-state index contributed by atoms with van der Waals surface area (Å²) in [7, 11) is 0. The van der Waals surface area contributed by atoms with E-state index < -0.39 is 35.3 Å². The maximum Gasteiger partial charge on any atom is 0.229 e. The van der Waals surface area contributed by atoms with Crippen molar-refractivity contribution in [2.75, 3.05) is 16.5 Å². The molecule has 1 aliphatic heterocycles. The maximum absolute atomic E-state index is 9.74. The van der Waals surface area contributed by atoms with Crippen LogP contribution in [-0.4, -0.2) is 16.2 Å². The average molecular weight is 1230 g/mol. The lowest BCUT2D eigenvalue weighted by Crippen LogP contribution is -2.25. The van der Waals surface area contributed by atoms with Gasteiger partial charge in [-0.15, -0.1) is 0 Å². The number of fused-ring (bicyclic) bond motifs is 8. The third-order valence-corrected chi connectivity index (χ3v) is 18.1. The molecule has 1 aliphatic rings. The molecule has 470 valence electrons. The highest BCUT2D eigenvalue weighted by molar-refractivity contribution is 6.24. The van der Waals surface area contributed by atoms with Crippen LogP contribution in [0.1, 0.15) is 168 Å². The Labute approximate surface area is 561 Å². The summed E-state index contributed by atoms with van der Waals surface area (Å²) >= 11 is 0. The van der Waals surface area contributed by atoms with Gasteiger partial charge in [0.05, 0.1) is 46.9 Å². The maximum atomic E-state index is 9.74. The van der Waals surface area contributed by atoms with Crippen molar-refractivity contribution in [1.82, 2.24) is 9.55 Å². The fourth-order valence-corrected chi connectivity index (χ4v) is 13.4. The van der Waals surface area contributed by atoms with Crippen LogP contribution in [0, 0.1) is 12.0 Å². The smallest absolute Gasteiger partial charge is 0.229 e. The SMILES string of the molecule is [2H]c1c([2H])c([2H])c(-c2cc(C(C)(C)C)cc(-c3cc(C(C)(C)C)cc(C(C)(C)C)c3)c2N2CN(c3cc(Oc4ccc5c6c7oc8c([N+]#[C-])cccc8c7ccc6n(-c6cc(C([2H])([2H])C(C)(C)C)ccn6)c5c4)cc(-c4c(C(C)(C)C)cccc4C(C)(C)C)c3)c3ccccc32)c([2H])c1[2H]. The number of benzene rings is 9. The monoisotopic (exact) mass is 1230 g/mol. The quantitative estimate of drug-likeness (QED) is 0.135. The second kappa shape index (κ2) is 22.4. The Bertz CT molecular complexity index is 5300. The summed E-state index contributed by atoms with van der Waals surface area (Å²) in [5, 5.41) is 3.36. The first-order valence-corrected chi connectivity index (χ1v) is 32.5. The van der Waals surface area contributed by atoms with Gasteiger partial charge < -0.3 is 19.0 Å². The summed E-state index contributed by atoms with van der Waals surface area (Å²) < 4.78 is 81.7. The van der Waals surface area contributed by atoms with Gasteiger partial charge in [0.1, 0.15) is 35.2 Å². The zero-order valence-corrected chi connectivity index (χ0v) is 57.3. The Morgan fingerprint density at radius 3 is 1.75 bits per heavy atom. The number of ether oxygens (including phenoxy) is 1. The first-order chi connectivity index (χ1) is 46.7. The molecule has 0 saturated heterocycles. The summed E-state index contributed by atoms with van der Waals surface area (Å²) in [5.41, 5.74) is 14.7. The fraction of sp³-hybridized carbons (Fsp3) is 0.302. The van der Waals surface area contributed by atoms with E-state index in [1.54, 1.807) is 18.3 Å². The van der Waals surface area contributed by atoms with E-state index in [2.05, 4.69) is 208 Å². The third-order valence-electron chi connectivity index (χ3n) is 18.1. The number of rotatable bonds is 9. The number of nitrogens with zero attached hydrogens (tertiary/aromatic N) is 5. The van der Waals surface area contributed by atoms with Crippen LogP contribution in [0.4, 0.5) is 28.4 Å². The predicted octanol–water partition coefficient (Wildman–Crippen LogP) is 24.7. The van der Waals surface area contributed by atoms with Gasteiger partial charge in [0.25, 0.3) is 0 Å². The molecule has 7 heteroatoms. The van der Waals surface area contributed by atoms with Gasteiger partial charge in [-0.1, -0.05) is 222 Å². The molecule has 0 atom stereocenters. The van der Waals surface area contributed by atoms with Crippen LogP contribution in [-0.2, 0) is 33.4 Å². The molecular formula is C86H89N5O2. The fourth-order valence-electron chi connectivity index (χ4n) is 13.4. The zero-order valence-electron chi connectivity index (χ0n) is 64.3. The van der Waals surface area contributed by atoms with Gasteiger partial charge in [-0.3, -0.25) is 4.57 Å². The molecule has 0 aliphatic carbocycles. The topological polar surface area (TPSA) is 51.0 Å². The van der Waals surface area contributed by atoms with E-state index in [1.807, 2.05) is 75.4 Å². The third kappa shape index (κ3) is 11.7. The molecule has 0 N–H and O–H groups in total. The number of anilines is 4. The molecule has 93 heavy (non-hydrogen) atoms. The highest BCUT2D eigenvalue weighted by atomic mass is 16.5. The standard InChI is InChI=1S/C86H89N5O2/c1-81(2,3)51-53-39-40-88-75(41-53)91-73-38-37-64-63-29-25-32-70(87-19)79(63)93-80(64)77(73)65-36-35-61(50-74(65)91)92-62-45-56(76-68(85(13,14)15)30-26-31-69(76)86(16,17)18)44-60(49-62)89-52-90(72-34-24-23-33-71(72)89)78-66(54-27-21-20-22-28-54)47-59(84(10,11)12)48-67(78)55-42-57(82(4,5)6)46-58(43-55)83(7,8)9/h20-50H,51-52H2,1-18H3/i20D,21D,22D,27D,28D,51D2. The highest BCUT2D eigenvalue weighted by Gasteiger charge is 2.36. The number of pyridine rings is 1. The van der Waals surface area contributed by atoms with E-state index in [0.717, 1.165) is 88.6 Å². The zero-order chi connectivity index (χ0) is 72.2. The molecule has 0 radical (unpaired) electrons. The number of hydrogen-bond acceptors (Lipinski definition) is 5. The molecule has 4 heterocycles. The van der Waals surface area contributed by atoms with E-state index >= 15 is 0 Å². The average Bonchev–Trinajstić information content (AvgIpc) is 1.53. The molecule has 9 aromatic carbocycles. The van der Waals surface area contributed by atoms with E-state index in [9.17, 15) is 8.22 Å². The van der Waals surface area contributed by atoms with E-state index in [0.29, 0.717) is 51.0 Å². The Kier molecular flexibility index (Phi) is 13.1. The largest absolute Gasteiger partial charge is 0.466 e. The van der Waals surface area contributed by atoms with Crippen molar-refractivity contribution in [2.45, 2.75) is 158 Å². The molecule has 0 fully saturated rings. The molecule has 0 unspecified atom stereocenters. The first-order valence-electron chi connectivity index (χ1n) is 36.0. The molecule has 3 aromatic heterocycles. The molecule has 0 bridgehead atoms. The van der Waals surface area contributed by atoms with Crippen molar-refractivity contribution in [3.63, 3.8) is 0 Å². The number of para-hydroxylation sites is 3. The lowest BCUT2D eigenvalue weighted by Gasteiger charge is -2.32. The minimum absolute atomic E-state index is 0.125. The van der Waals surface area contributed by atoms with Gasteiger partial charge >= 0.3 is 0 Å². The molecule has 0 saturated carbocycles. The summed E-state index contributed by atoms with van der Waals surface area (Å²) in [5.74, 6) is 1.60. The molecule has 12 aromatic rings. The molecule has 7 nitrogen and oxygen atoms in total. The van der Waals surface area contributed by atoms with Crippen LogP contribution >= 0.6 is 0 Å². The number of aromatic nitrogens is 2. The van der Waals surface area contributed by atoms with Crippen LogP contribution in [0.3, 0.4) is 0 Å². The second-order valence-electron chi connectivity index (χ2n) is 31.5.